The van der Waals surface area contributed by atoms with Gasteiger partial charge in [-0.25, -0.2) is 8.78 Å². The van der Waals surface area contributed by atoms with Crippen LogP contribution in [0, 0.1) is 11.6 Å². The van der Waals surface area contributed by atoms with E-state index in [0.717, 1.165) is 0 Å². The van der Waals surface area contributed by atoms with Crippen LogP contribution in [0.4, 0.5) is 52.7 Å². The van der Waals surface area contributed by atoms with E-state index < -0.39 is 59.1 Å². The first-order valence-electron chi connectivity index (χ1n) is 5.47. The molecule has 1 nitrogen and oxygen atoms in total. The van der Waals surface area contributed by atoms with Gasteiger partial charge in [-0.1, -0.05) is 0 Å². The predicted molar refractivity (Wildman–Crippen MR) is 52.3 cm³/mol. The highest BCUT2D eigenvalue weighted by molar-refractivity contribution is 5.26. The molecule has 0 spiro atoms. The van der Waals surface area contributed by atoms with Gasteiger partial charge >= 0.3 is 29.8 Å². The molecule has 138 valence electrons. The van der Waals surface area contributed by atoms with Gasteiger partial charge < -0.3 is 5.11 Å². The fourth-order valence-electron chi connectivity index (χ4n) is 1.51. The fourth-order valence-corrected chi connectivity index (χ4v) is 1.51. The molecule has 0 aliphatic heterocycles. The van der Waals surface area contributed by atoms with Crippen molar-refractivity contribution >= 4 is 0 Å². The van der Waals surface area contributed by atoms with Crippen LogP contribution in [0.3, 0.4) is 0 Å². The lowest BCUT2D eigenvalue weighted by molar-refractivity contribution is -0.445. The van der Waals surface area contributed by atoms with Gasteiger partial charge in [-0.3, -0.25) is 0 Å². The van der Waals surface area contributed by atoms with Crippen LogP contribution in [0.15, 0.2) is 18.2 Å². The zero-order valence-corrected chi connectivity index (χ0v) is 10.7. The molecule has 0 saturated carbocycles. The Bertz CT molecular complexity index is 598. The Morgan fingerprint density at radius 3 is 1.33 bits per heavy atom. The molecule has 13 heteroatoms. The summed E-state index contributed by atoms with van der Waals surface area (Å²) in [6, 6.07) is -1.23. The SMILES string of the molecule is OC(F)(C(F)(F)C(F)(F)F)C(F)(F)C(F)(F)c1cc(F)cc(F)c1. The van der Waals surface area contributed by atoms with E-state index in [1.54, 1.807) is 0 Å². The largest absolute Gasteiger partial charge is 0.459 e. The fraction of sp³-hybridized carbons (Fsp3) is 0.455. The van der Waals surface area contributed by atoms with Gasteiger partial charge in [-0.05, 0) is 12.1 Å². The normalized spacial score (nSPS) is 16.9. The van der Waals surface area contributed by atoms with Gasteiger partial charge in [0, 0.05) is 11.6 Å². The van der Waals surface area contributed by atoms with Gasteiger partial charge in [0.2, 0.25) is 0 Å². The summed E-state index contributed by atoms with van der Waals surface area (Å²) in [6.07, 6.45) is -7.18. The highest BCUT2D eigenvalue weighted by Crippen LogP contribution is 2.57. The topological polar surface area (TPSA) is 20.2 Å². The Morgan fingerprint density at radius 1 is 0.625 bits per heavy atom. The number of halogens is 12. The van der Waals surface area contributed by atoms with Gasteiger partial charge in [0.25, 0.3) is 0 Å². The van der Waals surface area contributed by atoms with Crippen molar-refractivity contribution in [3.8, 4) is 0 Å². The number of hydrogen-bond donors (Lipinski definition) is 1. The van der Waals surface area contributed by atoms with Gasteiger partial charge in [-0.2, -0.15) is 43.9 Å². The van der Waals surface area contributed by atoms with E-state index in [0.29, 0.717) is 0 Å². The van der Waals surface area contributed by atoms with Crippen molar-refractivity contribution in [2.75, 3.05) is 0 Å². The Hall–Kier alpha value is -1.66. The van der Waals surface area contributed by atoms with Gasteiger partial charge in [0.15, 0.2) is 0 Å². The third-order valence-corrected chi connectivity index (χ3v) is 2.81. The van der Waals surface area contributed by atoms with Crippen LogP contribution >= 0.6 is 0 Å². The molecule has 0 fully saturated rings. The molecular weight excluding hydrogens is 376 g/mol. The number of hydrogen-bond acceptors (Lipinski definition) is 1. The maximum absolute atomic E-state index is 13.5. The van der Waals surface area contributed by atoms with Crippen molar-refractivity contribution in [1.82, 2.24) is 0 Å². The van der Waals surface area contributed by atoms with Crippen LogP contribution in [0.2, 0.25) is 0 Å². The van der Waals surface area contributed by atoms with Crippen LogP contribution in [0.25, 0.3) is 0 Å². The number of benzene rings is 1. The zero-order chi connectivity index (χ0) is 19.4. The van der Waals surface area contributed by atoms with Gasteiger partial charge in [0.05, 0.1) is 0 Å². The van der Waals surface area contributed by atoms with E-state index >= 15 is 0 Å². The number of aliphatic hydroxyl groups is 1. The Labute approximate surface area is 124 Å². The average Bonchev–Trinajstić information content (AvgIpc) is 2.35. The molecule has 24 heavy (non-hydrogen) atoms. The zero-order valence-electron chi connectivity index (χ0n) is 10.7. The summed E-state index contributed by atoms with van der Waals surface area (Å²) in [5.41, 5.74) is -2.47. The van der Waals surface area contributed by atoms with Gasteiger partial charge in [0.1, 0.15) is 11.6 Å². The second kappa shape index (κ2) is 5.43. The quantitative estimate of drug-likeness (QED) is 0.761. The minimum Gasteiger partial charge on any atom is -0.352 e. The lowest BCUT2D eigenvalue weighted by atomic mass is 9.92. The van der Waals surface area contributed by atoms with Gasteiger partial charge in [-0.15, -0.1) is 0 Å². The Kier molecular flexibility index (Phi) is 4.61. The summed E-state index contributed by atoms with van der Waals surface area (Å²) in [4.78, 5) is 0. The Morgan fingerprint density at radius 2 is 1.00 bits per heavy atom. The summed E-state index contributed by atoms with van der Waals surface area (Å²) < 4.78 is 154. The molecule has 1 unspecified atom stereocenters. The Balaban J connectivity index is 3.55. The highest BCUT2D eigenvalue weighted by Gasteiger charge is 2.85. The molecule has 1 aromatic carbocycles. The maximum atomic E-state index is 13.5. The maximum Gasteiger partial charge on any atom is 0.459 e. The van der Waals surface area contributed by atoms with Crippen molar-refractivity contribution in [2.45, 2.75) is 29.8 Å². The van der Waals surface area contributed by atoms with E-state index in [4.69, 9.17) is 5.11 Å². The van der Waals surface area contributed by atoms with Crippen molar-refractivity contribution in [2.24, 2.45) is 0 Å². The molecule has 0 aromatic heterocycles. The van der Waals surface area contributed by atoms with Crippen molar-refractivity contribution < 1.29 is 57.8 Å². The van der Waals surface area contributed by atoms with Crippen molar-refractivity contribution in [3.05, 3.63) is 35.4 Å². The number of rotatable bonds is 4. The standard InChI is InChI=1S/C11H4F12O/c12-5-1-4(2-6(13)3-5)7(14,15)8(16,17)10(20,24)9(18,19)11(21,22)23/h1-3,24H. The van der Waals surface area contributed by atoms with Crippen molar-refractivity contribution in [3.63, 3.8) is 0 Å². The first kappa shape index (κ1) is 20.4. The molecule has 1 rings (SSSR count). The third-order valence-electron chi connectivity index (χ3n) is 2.81. The summed E-state index contributed by atoms with van der Waals surface area (Å²) in [5, 5.41) is 8.29. The van der Waals surface area contributed by atoms with Crippen LogP contribution in [-0.2, 0) is 5.92 Å². The average molecular weight is 380 g/mol. The summed E-state index contributed by atoms with van der Waals surface area (Å²) in [5.74, 6) is -31.8. The van der Waals surface area contributed by atoms with Crippen LogP contribution in [0.1, 0.15) is 5.56 Å². The summed E-state index contributed by atoms with van der Waals surface area (Å²) in [6.45, 7) is 0. The molecule has 0 radical (unpaired) electrons. The highest BCUT2D eigenvalue weighted by atomic mass is 19.4. The molecule has 1 aromatic rings. The number of alkyl halides is 10. The molecule has 1 atom stereocenters. The molecule has 0 aliphatic carbocycles. The molecule has 0 aliphatic rings. The molecule has 0 saturated heterocycles. The molecule has 0 heterocycles. The monoisotopic (exact) mass is 380 g/mol. The lowest BCUT2D eigenvalue weighted by Crippen LogP contribution is -2.67. The van der Waals surface area contributed by atoms with E-state index in [1.165, 1.54) is 0 Å². The first-order chi connectivity index (χ1) is 10.4. The lowest BCUT2D eigenvalue weighted by Gasteiger charge is -2.38. The van der Waals surface area contributed by atoms with Crippen LogP contribution < -0.4 is 0 Å². The summed E-state index contributed by atoms with van der Waals surface area (Å²) >= 11 is 0. The first-order valence-corrected chi connectivity index (χ1v) is 5.47. The smallest absolute Gasteiger partial charge is 0.352 e. The minimum atomic E-state index is -7.33. The second-order valence-corrected chi connectivity index (χ2v) is 4.50. The molecule has 0 bridgehead atoms. The van der Waals surface area contributed by atoms with Crippen LogP contribution in [0.5, 0.6) is 0 Å². The van der Waals surface area contributed by atoms with E-state index in [-0.39, 0.29) is 6.07 Å². The van der Waals surface area contributed by atoms with Crippen LogP contribution in [-0.4, -0.2) is 29.0 Å². The molecule has 0 amide bonds. The minimum absolute atomic E-state index is 0.121. The molecule has 1 N–H and O–H groups in total. The van der Waals surface area contributed by atoms with E-state index in [9.17, 15) is 52.7 Å². The second-order valence-electron chi connectivity index (χ2n) is 4.50. The van der Waals surface area contributed by atoms with E-state index in [1.807, 2.05) is 0 Å². The molecular formula is C11H4F12O. The third kappa shape index (κ3) is 2.78. The predicted octanol–water partition coefficient (Wildman–Crippen LogP) is 4.55. The summed E-state index contributed by atoms with van der Waals surface area (Å²) in [7, 11) is 0. The van der Waals surface area contributed by atoms with E-state index in [2.05, 4.69) is 0 Å². The van der Waals surface area contributed by atoms with Crippen molar-refractivity contribution in [1.29, 1.82) is 0 Å².